The molecule has 0 spiro atoms. The van der Waals surface area contributed by atoms with Gasteiger partial charge < -0.3 is 10.1 Å². The SMILES string of the molecule is O=C(COC(=O)C1CC(c2ccccc2)NN1)NCCc1cccs1. The standard InChI is InChI=1S/C18H21N3O3S/c22-17(19-9-8-14-7-4-10-25-14)12-24-18(23)16-11-15(20-21-16)13-5-2-1-3-6-13/h1-7,10,15-16,20-21H,8-9,11-12H2,(H,19,22). The molecule has 0 saturated carbocycles. The van der Waals surface area contributed by atoms with Crippen LogP contribution in [0.2, 0.25) is 0 Å². The van der Waals surface area contributed by atoms with Crippen LogP contribution in [0.4, 0.5) is 0 Å². The largest absolute Gasteiger partial charge is 0.454 e. The molecule has 0 bridgehead atoms. The van der Waals surface area contributed by atoms with Gasteiger partial charge in [-0.05, 0) is 29.9 Å². The van der Waals surface area contributed by atoms with Crippen molar-refractivity contribution in [1.29, 1.82) is 0 Å². The average Bonchev–Trinajstić information content (AvgIpc) is 3.32. The van der Waals surface area contributed by atoms with Gasteiger partial charge in [0.1, 0.15) is 6.04 Å². The Morgan fingerprint density at radius 2 is 2.00 bits per heavy atom. The fraction of sp³-hybridized carbons (Fsp3) is 0.333. The molecule has 3 rings (SSSR count). The summed E-state index contributed by atoms with van der Waals surface area (Å²) in [6.45, 7) is 0.285. The van der Waals surface area contributed by atoms with Gasteiger partial charge in [-0.3, -0.25) is 9.59 Å². The Bertz CT molecular complexity index is 691. The van der Waals surface area contributed by atoms with Crippen molar-refractivity contribution in [2.24, 2.45) is 0 Å². The molecule has 1 aliphatic rings. The minimum Gasteiger partial charge on any atom is -0.454 e. The lowest BCUT2D eigenvalue weighted by Gasteiger charge is -2.10. The summed E-state index contributed by atoms with van der Waals surface area (Å²) in [4.78, 5) is 25.1. The molecule has 0 aliphatic carbocycles. The Morgan fingerprint density at radius 1 is 1.16 bits per heavy atom. The molecule has 1 amide bonds. The lowest BCUT2D eigenvalue weighted by molar-refractivity contribution is -0.150. The van der Waals surface area contributed by atoms with Gasteiger partial charge in [-0.2, -0.15) is 0 Å². The molecule has 2 heterocycles. The van der Waals surface area contributed by atoms with Gasteiger partial charge in [0.25, 0.3) is 5.91 Å². The second-order valence-electron chi connectivity index (χ2n) is 5.83. The highest BCUT2D eigenvalue weighted by molar-refractivity contribution is 7.09. The first-order chi connectivity index (χ1) is 12.2. The van der Waals surface area contributed by atoms with Gasteiger partial charge in [-0.25, -0.2) is 10.9 Å². The summed E-state index contributed by atoms with van der Waals surface area (Å²) >= 11 is 1.66. The van der Waals surface area contributed by atoms with E-state index in [1.807, 2.05) is 47.8 Å². The summed E-state index contributed by atoms with van der Waals surface area (Å²) in [6.07, 6.45) is 1.37. The van der Waals surface area contributed by atoms with Crippen molar-refractivity contribution in [2.75, 3.05) is 13.2 Å². The third-order valence-electron chi connectivity index (χ3n) is 4.01. The van der Waals surface area contributed by atoms with Crippen molar-refractivity contribution < 1.29 is 14.3 Å². The van der Waals surface area contributed by atoms with E-state index in [9.17, 15) is 9.59 Å². The number of amides is 1. The second kappa shape index (κ2) is 8.75. The summed E-state index contributed by atoms with van der Waals surface area (Å²) in [5.41, 5.74) is 7.13. The highest BCUT2D eigenvalue weighted by Crippen LogP contribution is 2.22. The van der Waals surface area contributed by atoms with Crippen LogP contribution in [0.3, 0.4) is 0 Å². The fourth-order valence-corrected chi connectivity index (χ4v) is 3.39. The Kier molecular flexibility index (Phi) is 6.16. The minimum atomic E-state index is -0.455. The first kappa shape index (κ1) is 17.6. The summed E-state index contributed by atoms with van der Waals surface area (Å²) < 4.78 is 5.11. The summed E-state index contributed by atoms with van der Waals surface area (Å²) in [7, 11) is 0. The number of hydrogen-bond donors (Lipinski definition) is 3. The van der Waals surface area contributed by atoms with E-state index in [4.69, 9.17) is 4.74 Å². The third kappa shape index (κ3) is 5.12. The molecule has 2 unspecified atom stereocenters. The van der Waals surface area contributed by atoms with E-state index >= 15 is 0 Å². The fourth-order valence-electron chi connectivity index (χ4n) is 2.68. The van der Waals surface area contributed by atoms with Gasteiger partial charge in [-0.1, -0.05) is 36.4 Å². The Hall–Kier alpha value is -2.22. The number of nitrogens with one attached hydrogen (secondary N) is 3. The van der Waals surface area contributed by atoms with Gasteiger partial charge >= 0.3 is 5.97 Å². The van der Waals surface area contributed by atoms with Gasteiger partial charge in [0, 0.05) is 17.5 Å². The summed E-state index contributed by atoms with van der Waals surface area (Å²) in [6, 6.07) is 13.5. The average molecular weight is 359 g/mol. The molecule has 25 heavy (non-hydrogen) atoms. The van der Waals surface area contributed by atoms with Gasteiger partial charge in [0.05, 0.1) is 0 Å². The number of carbonyl (C=O) groups is 2. The number of carbonyl (C=O) groups excluding carboxylic acids is 2. The van der Waals surface area contributed by atoms with E-state index in [1.54, 1.807) is 11.3 Å². The van der Waals surface area contributed by atoms with Crippen LogP contribution in [-0.2, 0) is 20.7 Å². The topological polar surface area (TPSA) is 79.5 Å². The quantitative estimate of drug-likeness (QED) is 0.654. The molecule has 1 fully saturated rings. The van der Waals surface area contributed by atoms with Crippen LogP contribution in [0.1, 0.15) is 22.9 Å². The normalized spacial score (nSPS) is 19.5. The number of rotatable bonds is 7. The van der Waals surface area contributed by atoms with Crippen molar-refractivity contribution in [2.45, 2.75) is 24.9 Å². The molecule has 3 N–H and O–H groups in total. The zero-order valence-electron chi connectivity index (χ0n) is 13.7. The zero-order valence-corrected chi connectivity index (χ0v) is 14.6. The van der Waals surface area contributed by atoms with E-state index in [0.717, 1.165) is 12.0 Å². The van der Waals surface area contributed by atoms with E-state index < -0.39 is 12.0 Å². The molecule has 132 valence electrons. The maximum absolute atomic E-state index is 12.1. The highest BCUT2D eigenvalue weighted by atomic mass is 32.1. The zero-order chi connectivity index (χ0) is 17.5. The lowest BCUT2D eigenvalue weighted by Crippen LogP contribution is -2.39. The van der Waals surface area contributed by atoms with Crippen molar-refractivity contribution in [3.8, 4) is 0 Å². The van der Waals surface area contributed by atoms with Gasteiger partial charge in [-0.15, -0.1) is 11.3 Å². The molecule has 1 aliphatic heterocycles. The molecule has 1 saturated heterocycles. The molecule has 1 aromatic heterocycles. The number of thiophene rings is 1. The Morgan fingerprint density at radius 3 is 2.76 bits per heavy atom. The highest BCUT2D eigenvalue weighted by Gasteiger charge is 2.31. The first-order valence-electron chi connectivity index (χ1n) is 8.24. The maximum Gasteiger partial charge on any atom is 0.325 e. The Balaban J connectivity index is 1.35. The summed E-state index contributed by atoms with van der Waals surface area (Å²) in [5.74, 6) is -0.699. The lowest BCUT2D eigenvalue weighted by atomic mass is 10.0. The monoisotopic (exact) mass is 359 g/mol. The molecule has 2 atom stereocenters. The molecule has 1 aromatic carbocycles. The van der Waals surface area contributed by atoms with Crippen molar-refractivity contribution in [1.82, 2.24) is 16.2 Å². The number of hydrazine groups is 1. The van der Waals surface area contributed by atoms with E-state index in [1.165, 1.54) is 4.88 Å². The van der Waals surface area contributed by atoms with Crippen molar-refractivity contribution >= 4 is 23.2 Å². The smallest absolute Gasteiger partial charge is 0.325 e. The van der Waals surface area contributed by atoms with Crippen LogP contribution >= 0.6 is 11.3 Å². The molecule has 2 aromatic rings. The molecule has 6 nitrogen and oxygen atoms in total. The van der Waals surface area contributed by atoms with E-state index in [2.05, 4.69) is 16.2 Å². The van der Waals surface area contributed by atoms with Crippen LogP contribution in [-0.4, -0.2) is 31.1 Å². The first-order valence-corrected chi connectivity index (χ1v) is 9.12. The Labute approximate surface area is 150 Å². The van der Waals surface area contributed by atoms with E-state index in [0.29, 0.717) is 13.0 Å². The second-order valence-corrected chi connectivity index (χ2v) is 6.86. The van der Waals surface area contributed by atoms with Crippen molar-refractivity contribution in [3.63, 3.8) is 0 Å². The predicted molar refractivity (Wildman–Crippen MR) is 95.9 cm³/mol. The minimum absolute atomic E-state index is 0.0540. The van der Waals surface area contributed by atoms with Crippen LogP contribution in [0.15, 0.2) is 47.8 Å². The maximum atomic E-state index is 12.1. The predicted octanol–water partition coefficient (Wildman–Crippen LogP) is 1.56. The van der Waals surface area contributed by atoms with Gasteiger partial charge in [0.15, 0.2) is 6.61 Å². The van der Waals surface area contributed by atoms with Crippen LogP contribution in [0.25, 0.3) is 0 Å². The number of hydrogen-bond acceptors (Lipinski definition) is 6. The molecular formula is C18H21N3O3S. The third-order valence-corrected chi connectivity index (χ3v) is 4.95. The van der Waals surface area contributed by atoms with Crippen LogP contribution in [0.5, 0.6) is 0 Å². The molecule has 7 heteroatoms. The van der Waals surface area contributed by atoms with E-state index in [-0.39, 0.29) is 18.6 Å². The molecule has 0 radical (unpaired) electrons. The number of ether oxygens (including phenoxy) is 1. The van der Waals surface area contributed by atoms with Crippen LogP contribution in [0, 0.1) is 0 Å². The number of benzene rings is 1. The number of esters is 1. The molecular weight excluding hydrogens is 338 g/mol. The van der Waals surface area contributed by atoms with Crippen molar-refractivity contribution in [3.05, 3.63) is 58.3 Å². The summed E-state index contributed by atoms with van der Waals surface area (Å²) in [5, 5.41) is 4.76. The van der Waals surface area contributed by atoms with Gasteiger partial charge in [0.2, 0.25) is 0 Å². The van der Waals surface area contributed by atoms with Crippen LogP contribution < -0.4 is 16.2 Å².